The standard InChI is InChI=1S/C17H16ClN/c1-13(2)17(19-12-18)16-10-6-9-15(11-16)14-7-4-3-5-8-14/h3-11H,1,12H2,2H3. The van der Waals surface area contributed by atoms with Gasteiger partial charge in [-0.1, -0.05) is 55.1 Å². The first-order valence-electron chi connectivity index (χ1n) is 6.14. The van der Waals surface area contributed by atoms with Crippen LogP contribution in [0.3, 0.4) is 0 Å². The Morgan fingerprint density at radius 1 is 1.05 bits per heavy atom. The van der Waals surface area contributed by atoms with Gasteiger partial charge < -0.3 is 0 Å². The summed E-state index contributed by atoms with van der Waals surface area (Å²) in [7, 11) is 0. The van der Waals surface area contributed by atoms with Crippen LogP contribution in [0.4, 0.5) is 0 Å². The van der Waals surface area contributed by atoms with E-state index < -0.39 is 0 Å². The van der Waals surface area contributed by atoms with E-state index in [0.29, 0.717) is 0 Å². The van der Waals surface area contributed by atoms with Gasteiger partial charge in [0.2, 0.25) is 0 Å². The molecule has 0 N–H and O–H groups in total. The van der Waals surface area contributed by atoms with Gasteiger partial charge in [-0.2, -0.15) is 0 Å². The Kier molecular flexibility index (Phi) is 4.53. The van der Waals surface area contributed by atoms with E-state index in [1.54, 1.807) is 0 Å². The van der Waals surface area contributed by atoms with E-state index in [0.717, 1.165) is 16.8 Å². The third kappa shape index (κ3) is 3.33. The van der Waals surface area contributed by atoms with E-state index in [9.17, 15) is 0 Å². The Labute approximate surface area is 119 Å². The monoisotopic (exact) mass is 269 g/mol. The lowest BCUT2D eigenvalue weighted by Gasteiger charge is -2.08. The number of alkyl halides is 1. The van der Waals surface area contributed by atoms with Crippen molar-refractivity contribution in [2.75, 3.05) is 6.00 Å². The third-order valence-electron chi connectivity index (χ3n) is 2.87. The molecule has 0 aromatic heterocycles. The summed E-state index contributed by atoms with van der Waals surface area (Å²) in [6.45, 7) is 5.91. The minimum absolute atomic E-state index is 0.248. The molecule has 0 heterocycles. The summed E-state index contributed by atoms with van der Waals surface area (Å²) in [5, 5.41) is 0. The molecule has 0 unspecified atom stereocenters. The molecule has 19 heavy (non-hydrogen) atoms. The summed E-state index contributed by atoms with van der Waals surface area (Å²) in [6, 6.07) is 18.8. The molecule has 0 aliphatic carbocycles. The number of benzene rings is 2. The highest BCUT2D eigenvalue weighted by molar-refractivity contribution is 6.20. The van der Waals surface area contributed by atoms with Crippen molar-refractivity contribution >= 4 is 17.3 Å². The van der Waals surface area contributed by atoms with Gasteiger partial charge in [-0.15, -0.1) is 11.6 Å². The number of hydrogen-bond donors (Lipinski definition) is 0. The fourth-order valence-corrected chi connectivity index (χ4v) is 2.13. The molecule has 0 saturated carbocycles. The molecule has 0 aliphatic heterocycles. The molecule has 0 atom stereocenters. The van der Waals surface area contributed by atoms with Crippen LogP contribution in [0.2, 0.25) is 0 Å². The minimum atomic E-state index is 0.248. The highest BCUT2D eigenvalue weighted by Gasteiger charge is 2.06. The van der Waals surface area contributed by atoms with Gasteiger partial charge in [-0.05, 0) is 29.7 Å². The fourth-order valence-electron chi connectivity index (χ4n) is 2.01. The lowest BCUT2D eigenvalue weighted by Crippen LogP contribution is -2.02. The third-order valence-corrected chi connectivity index (χ3v) is 2.98. The van der Waals surface area contributed by atoms with Crippen molar-refractivity contribution in [3.63, 3.8) is 0 Å². The predicted octanol–water partition coefficient (Wildman–Crippen LogP) is 4.92. The molecule has 0 amide bonds. The highest BCUT2D eigenvalue weighted by atomic mass is 35.5. The van der Waals surface area contributed by atoms with Crippen LogP contribution < -0.4 is 0 Å². The van der Waals surface area contributed by atoms with Gasteiger partial charge in [-0.3, -0.25) is 4.99 Å². The molecule has 1 nitrogen and oxygen atoms in total. The van der Waals surface area contributed by atoms with Crippen molar-refractivity contribution in [2.24, 2.45) is 4.99 Å². The lowest BCUT2D eigenvalue weighted by molar-refractivity contribution is 1.34. The second kappa shape index (κ2) is 6.35. The number of hydrogen-bond acceptors (Lipinski definition) is 1. The Morgan fingerprint density at radius 3 is 2.37 bits per heavy atom. The molecule has 2 aromatic rings. The van der Waals surface area contributed by atoms with E-state index in [-0.39, 0.29) is 6.00 Å². The van der Waals surface area contributed by atoms with Crippen molar-refractivity contribution in [2.45, 2.75) is 6.92 Å². The Morgan fingerprint density at radius 2 is 1.74 bits per heavy atom. The molecule has 2 heteroatoms. The summed E-state index contributed by atoms with van der Waals surface area (Å²) in [4.78, 5) is 4.31. The molecule has 2 aromatic carbocycles. The van der Waals surface area contributed by atoms with Gasteiger partial charge in [-0.25, -0.2) is 0 Å². The predicted molar refractivity (Wildman–Crippen MR) is 83.9 cm³/mol. The lowest BCUT2D eigenvalue weighted by atomic mass is 9.99. The second-order valence-electron chi connectivity index (χ2n) is 4.35. The topological polar surface area (TPSA) is 12.4 Å². The summed E-state index contributed by atoms with van der Waals surface area (Å²) in [5.74, 6) is 0. The van der Waals surface area contributed by atoms with Gasteiger partial charge in [0, 0.05) is 5.56 Å². The minimum Gasteiger partial charge on any atom is -0.268 e. The molecule has 2 rings (SSSR count). The van der Waals surface area contributed by atoms with Crippen molar-refractivity contribution in [1.82, 2.24) is 0 Å². The van der Waals surface area contributed by atoms with Crippen LogP contribution >= 0.6 is 11.6 Å². The van der Waals surface area contributed by atoms with Crippen LogP contribution in [0.1, 0.15) is 12.5 Å². The Hall–Kier alpha value is -1.86. The molecule has 0 fully saturated rings. The van der Waals surface area contributed by atoms with Crippen LogP contribution in [-0.4, -0.2) is 11.7 Å². The largest absolute Gasteiger partial charge is 0.268 e. The van der Waals surface area contributed by atoms with Crippen LogP contribution in [0.5, 0.6) is 0 Å². The average molecular weight is 270 g/mol. The summed E-state index contributed by atoms with van der Waals surface area (Å²) in [6.07, 6.45) is 0. The van der Waals surface area contributed by atoms with Crippen LogP contribution in [0.25, 0.3) is 11.1 Å². The molecule has 0 spiro atoms. The molecule has 0 aliphatic rings. The maximum Gasteiger partial charge on any atom is 0.114 e. The van der Waals surface area contributed by atoms with Crippen molar-refractivity contribution < 1.29 is 0 Å². The first-order valence-corrected chi connectivity index (χ1v) is 6.68. The summed E-state index contributed by atoms with van der Waals surface area (Å²) in [5.41, 5.74) is 5.20. The quantitative estimate of drug-likeness (QED) is 0.425. The van der Waals surface area contributed by atoms with Crippen molar-refractivity contribution in [1.29, 1.82) is 0 Å². The Bertz CT molecular complexity index is 600. The zero-order valence-corrected chi connectivity index (χ0v) is 11.7. The summed E-state index contributed by atoms with van der Waals surface area (Å²) >= 11 is 5.72. The van der Waals surface area contributed by atoms with Gasteiger partial charge >= 0.3 is 0 Å². The normalized spacial score (nSPS) is 11.4. The summed E-state index contributed by atoms with van der Waals surface area (Å²) < 4.78 is 0. The van der Waals surface area contributed by atoms with Crippen LogP contribution in [0, 0.1) is 0 Å². The highest BCUT2D eigenvalue weighted by Crippen LogP contribution is 2.21. The molecular weight excluding hydrogens is 254 g/mol. The maximum absolute atomic E-state index is 5.72. The number of allylic oxidation sites excluding steroid dienone is 1. The molecule has 0 radical (unpaired) electrons. The second-order valence-corrected chi connectivity index (χ2v) is 4.59. The van der Waals surface area contributed by atoms with Crippen LogP contribution in [0.15, 0.2) is 71.7 Å². The van der Waals surface area contributed by atoms with E-state index in [1.807, 2.05) is 37.3 Å². The van der Waals surface area contributed by atoms with Crippen LogP contribution in [-0.2, 0) is 0 Å². The van der Waals surface area contributed by atoms with E-state index in [1.165, 1.54) is 11.1 Å². The number of nitrogens with zero attached hydrogens (tertiary/aromatic N) is 1. The van der Waals surface area contributed by atoms with Gasteiger partial charge in [0.25, 0.3) is 0 Å². The molecule has 96 valence electrons. The number of rotatable bonds is 4. The fraction of sp³-hybridized carbons (Fsp3) is 0.118. The van der Waals surface area contributed by atoms with Gasteiger partial charge in [0.15, 0.2) is 0 Å². The van der Waals surface area contributed by atoms with Gasteiger partial charge in [0.1, 0.15) is 6.00 Å². The van der Waals surface area contributed by atoms with E-state index in [4.69, 9.17) is 11.6 Å². The van der Waals surface area contributed by atoms with E-state index >= 15 is 0 Å². The molecule has 0 bridgehead atoms. The molecular formula is C17H16ClN. The Balaban J connectivity index is 2.45. The average Bonchev–Trinajstić information content (AvgIpc) is 2.45. The first kappa shape index (κ1) is 13.6. The zero-order valence-electron chi connectivity index (χ0n) is 10.9. The first-order chi connectivity index (χ1) is 9.22. The number of aliphatic imine (C=N–C) groups is 1. The van der Waals surface area contributed by atoms with Crippen molar-refractivity contribution in [3.05, 3.63) is 72.3 Å². The SMILES string of the molecule is C=C(C)C(=NCCl)c1cccc(-c2ccccc2)c1. The zero-order chi connectivity index (χ0) is 13.7. The number of halogens is 1. The van der Waals surface area contributed by atoms with Crippen molar-refractivity contribution in [3.8, 4) is 11.1 Å². The molecule has 0 saturated heterocycles. The van der Waals surface area contributed by atoms with Gasteiger partial charge in [0.05, 0.1) is 5.71 Å². The smallest absolute Gasteiger partial charge is 0.114 e. The van der Waals surface area contributed by atoms with E-state index in [2.05, 4.69) is 35.8 Å². The maximum atomic E-state index is 5.72.